The zero-order chi connectivity index (χ0) is 24.6. The molecule has 0 aliphatic carbocycles. The van der Waals surface area contributed by atoms with Crippen LogP contribution in [0.4, 0.5) is 18.9 Å². The largest absolute Gasteiger partial charge is 0.479 e. The summed E-state index contributed by atoms with van der Waals surface area (Å²) in [5, 5.41) is 14.0. The summed E-state index contributed by atoms with van der Waals surface area (Å²) in [6.07, 6.45) is -4.54. The number of aliphatic hydroxyl groups excluding tert-OH is 1. The highest BCUT2D eigenvalue weighted by molar-refractivity contribution is 6.29. The number of benzene rings is 1. The molecule has 1 unspecified atom stereocenters. The van der Waals surface area contributed by atoms with Gasteiger partial charge in [-0.15, -0.1) is 5.10 Å². The Bertz CT molecular complexity index is 1260. The van der Waals surface area contributed by atoms with Crippen molar-refractivity contribution in [3.8, 4) is 11.4 Å². The molecule has 3 aromatic rings. The fourth-order valence-corrected chi connectivity index (χ4v) is 4.19. The number of anilines is 1. The molecule has 1 aromatic carbocycles. The van der Waals surface area contributed by atoms with E-state index in [1.165, 1.54) is 10.6 Å². The van der Waals surface area contributed by atoms with E-state index in [9.17, 15) is 23.1 Å². The van der Waals surface area contributed by atoms with E-state index in [1.807, 2.05) is 4.90 Å². The summed E-state index contributed by atoms with van der Waals surface area (Å²) in [6, 6.07) is 6.58. The molecule has 34 heavy (non-hydrogen) atoms. The normalized spacial score (nSPS) is 14.4. The Labute approximate surface area is 198 Å². The molecule has 0 amide bonds. The van der Waals surface area contributed by atoms with Crippen molar-refractivity contribution in [3.63, 3.8) is 0 Å². The predicted molar refractivity (Wildman–Crippen MR) is 120 cm³/mol. The maximum absolute atomic E-state index is 13.4. The number of alkyl halides is 3. The fourth-order valence-electron chi connectivity index (χ4n) is 3.99. The maximum atomic E-state index is 13.4. The Hall–Kier alpha value is -3.05. The fraction of sp³-hybridized carbons (Fsp3) is 0.409. The second kappa shape index (κ2) is 9.30. The molecule has 0 bridgehead atoms. The number of nitrogens with zero attached hydrogens (tertiary/aromatic N) is 5. The van der Waals surface area contributed by atoms with E-state index in [0.29, 0.717) is 30.4 Å². The van der Waals surface area contributed by atoms with Gasteiger partial charge in [-0.25, -0.2) is 9.78 Å². The van der Waals surface area contributed by atoms with Gasteiger partial charge in [-0.1, -0.05) is 11.6 Å². The molecule has 1 N–H and O–H groups in total. The van der Waals surface area contributed by atoms with Crippen LogP contribution in [-0.4, -0.2) is 43.3 Å². The molecule has 3 heterocycles. The van der Waals surface area contributed by atoms with Gasteiger partial charge < -0.3 is 14.7 Å². The van der Waals surface area contributed by atoms with Crippen molar-refractivity contribution in [1.29, 1.82) is 0 Å². The molecule has 0 saturated heterocycles. The lowest BCUT2D eigenvalue weighted by Crippen LogP contribution is -2.32. The lowest BCUT2D eigenvalue weighted by molar-refractivity contribution is -0.189. The van der Waals surface area contributed by atoms with Gasteiger partial charge in [0.15, 0.2) is 11.9 Å². The molecular weight excluding hydrogens is 475 g/mol. The van der Waals surface area contributed by atoms with E-state index >= 15 is 0 Å². The van der Waals surface area contributed by atoms with E-state index < -0.39 is 24.6 Å². The van der Waals surface area contributed by atoms with Crippen molar-refractivity contribution in [1.82, 2.24) is 19.3 Å². The van der Waals surface area contributed by atoms with Crippen molar-refractivity contribution in [2.24, 2.45) is 0 Å². The molecule has 1 aliphatic heterocycles. The van der Waals surface area contributed by atoms with Crippen molar-refractivity contribution in [2.75, 3.05) is 11.4 Å². The standard InChI is InChI=1S/C22H23ClF3N5O3/c1-3-30-19(12-32)28-31(21(30)33)16-9-15-5-7-29(11-14-4-6-27-18(23)8-14)20(15)17(10-16)34-13(2)22(24,25)26/h4,6,8-10,13,32H,3,5,7,11-12H2,1-2H3. The first-order valence-corrected chi connectivity index (χ1v) is 11.1. The van der Waals surface area contributed by atoms with Crippen molar-refractivity contribution in [2.45, 2.75) is 52.2 Å². The van der Waals surface area contributed by atoms with Crippen LogP contribution in [0.2, 0.25) is 5.15 Å². The van der Waals surface area contributed by atoms with Crippen LogP contribution in [0.5, 0.6) is 5.75 Å². The van der Waals surface area contributed by atoms with Crippen LogP contribution in [0.25, 0.3) is 5.69 Å². The highest BCUT2D eigenvalue weighted by Gasteiger charge is 2.39. The van der Waals surface area contributed by atoms with Gasteiger partial charge in [0.25, 0.3) is 0 Å². The van der Waals surface area contributed by atoms with Gasteiger partial charge in [0, 0.05) is 31.9 Å². The smallest absolute Gasteiger partial charge is 0.425 e. The molecule has 12 heteroatoms. The molecule has 0 saturated carbocycles. The maximum Gasteiger partial charge on any atom is 0.425 e. The average molecular weight is 498 g/mol. The SMILES string of the molecule is CCn1c(CO)nn(-c2cc3c(c(OC(C)C(F)(F)F)c2)N(Cc2ccnc(Cl)c2)CC3)c1=O. The molecule has 8 nitrogen and oxygen atoms in total. The van der Waals surface area contributed by atoms with Crippen molar-refractivity contribution < 1.29 is 23.0 Å². The Morgan fingerprint density at radius 2 is 2.06 bits per heavy atom. The number of halogens is 4. The molecule has 1 aliphatic rings. The van der Waals surface area contributed by atoms with Crippen LogP contribution in [0.3, 0.4) is 0 Å². The summed E-state index contributed by atoms with van der Waals surface area (Å²) >= 11 is 5.98. The third-order valence-corrected chi connectivity index (χ3v) is 5.88. The Morgan fingerprint density at radius 1 is 1.29 bits per heavy atom. The second-order valence-corrected chi connectivity index (χ2v) is 8.31. The molecule has 0 spiro atoms. The molecule has 1 atom stereocenters. The van der Waals surface area contributed by atoms with E-state index in [2.05, 4.69) is 10.1 Å². The number of hydrogen-bond donors (Lipinski definition) is 1. The number of aliphatic hydroxyl groups is 1. The van der Waals surface area contributed by atoms with Crippen molar-refractivity contribution >= 4 is 17.3 Å². The van der Waals surface area contributed by atoms with Crippen LogP contribution in [-0.2, 0) is 26.1 Å². The van der Waals surface area contributed by atoms with Crippen LogP contribution in [0.1, 0.15) is 30.8 Å². The van der Waals surface area contributed by atoms with Gasteiger partial charge in [-0.3, -0.25) is 4.57 Å². The highest BCUT2D eigenvalue weighted by Crippen LogP contribution is 2.41. The molecule has 182 valence electrons. The lowest BCUT2D eigenvalue weighted by Gasteiger charge is -2.25. The van der Waals surface area contributed by atoms with E-state index in [-0.39, 0.29) is 23.8 Å². The van der Waals surface area contributed by atoms with Gasteiger partial charge in [0.2, 0.25) is 0 Å². The molecule has 0 fully saturated rings. The molecule has 0 radical (unpaired) electrons. The number of rotatable bonds is 7. The van der Waals surface area contributed by atoms with Gasteiger partial charge >= 0.3 is 11.9 Å². The van der Waals surface area contributed by atoms with Gasteiger partial charge in [0.1, 0.15) is 17.5 Å². The first kappa shape index (κ1) is 24.1. The monoisotopic (exact) mass is 497 g/mol. The predicted octanol–water partition coefficient (Wildman–Crippen LogP) is 3.49. The highest BCUT2D eigenvalue weighted by atomic mass is 35.5. The number of fused-ring (bicyclic) bond motifs is 1. The van der Waals surface area contributed by atoms with Gasteiger partial charge in [0.05, 0.1) is 11.4 Å². The zero-order valence-corrected chi connectivity index (χ0v) is 19.3. The van der Waals surface area contributed by atoms with Gasteiger partial charge in [-0.05, 0) is 49.6 Å². The van der Waals surface area contributed by atoms with E-state index in [1.54, 1.807) is 31.3 Å². The first-order chi connectivity index (χ1) is 16.1. The number of ether oxygens (including phenoxy) is 1. The third-order valence-electron chi connectivity index (χ3n) is 5.68. The zero-order valence-electron chi connectivity index (χ0n) is 18.5. The topological polar surface area (TPSA) is 85.4 Å². The minimum atomic E-state index is -4.57. The third kappa shape index (κ3) is 4.62. The Morgan fingerprint density at radius 3 is 2.68 bits per heavy atom. The average Bonchev–Trinajstić information content (AvgIpc) is 3.33. The Kier molecular flexibility index (Phi) is 6.59. The number of hydrogen-bond acceptors (Lipinski definition) is 6. The van der Waals surface area contributed by atoms with E-state index in [0.717, 1.165) is 22.7 Å². The number of pyridine rings is 1. The first-order valence-electron chi connectivity index (χ1n) is 10.7. The summed E-state index contributed by atoms with van der Waals surface area (Å²) in [6.45, 7) is 3.44. The summed E-state index contributed by atoms with van der Waals surface area (Å²) in [5.74, 6) is 0.161. The molecule has 4 rings (SSSR count). The van der Waals surface area contributed by atoms with Gasteiger partial charge in [-0.2, -0.15) is 17.9 Å². The quantitative estimate of drug-likeness (QED) is 0.503. The van der Waals surface area contributed by atoms with Crippen LogP contribution < -0.4 is 15.3 Å². The Balaban J connectivity index is 1.80. The summed E-state index contributed by atoms with van der Waals surface area (Å²) in [7, 11) is 0. The second-order valence-electron chi connectivity index (χ2n) is 7.92. The summed E-state index contributed by atoms with van der Waals surface area (Å²) < 4.78 is 47.8. The minimum Gasteiger partial charge on any atom is -0.479 e. The van der Waals surface area contributed by atoms with Crippen molar-refractivity contribution in [3.05, 3.63) is 63.1 Å². The van der Waals surface area contributed by atoms with Crippen LogP contribution >= 0.6 is 11.6 Å². The minimum absolute atomic E-state index is 0.00141. The lowest BCUT2D eigenvalue weighted by atomic mass is 10.1. The number of aromatic nitrogens is 4. The van der Waals surface area contributed by atoms with Crippen LogP contribution in [0.15, 0.2) is 35.3 Å². The van der Waals surface area contributed by atoms with E-state index in [4.69, 9.17) is 16.3 Å². The molecular formula is C22H23ClF3N5O3. The summed E-state index contributed by atoms with van der Waals surface area (Å²) in [5.41, 5.74) is 1.87. The van der Waals surface area contributed by atoms with Crippen LogP contribution in [0, 0.1) is 0 Å². The molecule has 2 aromatic heterocycles. The summed E-state index contributed by atoms with van der Waals surface area (Å²) in [4.78, 5) is 18.7.